The first kappa shape index (κ1) is 29.8. The van der Waals surface area contributed by atoms with Gasteiger partial charge in [-0.25, -0.2) is 13.4 Å². The quantitative estimate of drug-likeness (QED) is 0.116. The largest absolute Gasteiger partial charge is 0.497 e. The van der Waals surface area contributed by atoms with E-state index in [0.29, 0.717) is 42.8 Å². The lowest BCUT2D eigenvalue weighted by Crippen LogP contribution is -2.32. The van der Waals surface area contributed by atoms with Crippen LogP contribution < -0.4 is 9.75 Å². The number of nitro groups is 1. The summed E-state index contributed by atoms with van der Waals surface area (Å²) in [6.07, 6.45) is 2.78. The molecule has 0 radical (unpaired) electrons. The molecule has 0 saturated carbocycles. The number of fused-ring (bicyclic) bond motifs is 1. The van der Waals surface area contributed by atoms with Gasteiger partial charge in [0.25, 0.3) is 11.6 Å². The van der Waals surface area contributed by atoms with Crippen LogP contribution in [0.2, 0.25) is 0 Å². The molecule has 13 heteroatoms. The van der Waals surface area contributed by atoms with Crippen molar-refractivity contribution in [3.05, 3.63) is 88.0 Å². The SMILES string of the molecule is CCCN(CCC)S(=O)(=O)c1ccc(C(=O)N(/N=C/c2ccc([N+](=O)[O-])cc2)c2nc3ccc(OC)cc3s2)cc1. The van der Waals surface area contributed by atoms with E-state index in [-0.39, 0.29) is 21.3 Å². The summed E-state index contributed by atoms with van der Waals surface area (Å²) in [6, 6.07) is 16.8. The summed E-state index contributed by atoms with van der Waals surface area (Å²) in [7, 11) is -2.15. The number of benzene rings is 3. The Balaban J connectivity index is 1.70. The van der Waals surface area contributed by atoms with Crippen LogP contribution in [0.1, 0.15) is 42.6 Å². The van der Waals surface area contributed by atoms with Crippen LogP contribution in [-0.2, 0) is 10.0 Å². The number of ether oxygens (including phenoxy) is 1. The van der Waals surface area contributed by atoms with Gasteiger partial charge in [-0.15, -0.1) is 0 Å². The van der Waals surface area contributed by atoms with Gasteiger partial charge in [-0.2, -0.15) is 14.4 Å². The van der Waals surface area contributed by atoms with E-state index in [9.17, 15) is 23.3 Å². The molecule has 0 spiro atoms. The van der Waals surface area contributed by atoms with Crippen molar-refractivity contribution in [2.75, 3.05) is 25.2 Å². The molecular weight excluding hydrogens is 566 g/mol. The Labute approximate surface area is 241 Å². The second-order valence-electron chi connectivity index (χ2n) is 8.97. The van der Waals surface area contributed by atoms with E-state index in [1.807, 2.05) is 13.8 Å². The first-order valence-electron chi connectivity index (χ1n) is 12.9. The van der Waals surface area contributed by atoms with Crippen molar-refractivity contribution in [2.24, 2.45) is 5.10 Å². The third-order valence-corrected chi connectivity index (χ3v) is 8.98. The first-order chi connectivity index (χ1) is 19.7. The number of carbonyl (C=O) groups is 1. The molecule has 0 unspecified atom stereocenters. The molecule has 0 saturated heterocycles. The number of methoxy groups -OCH3 is 1. The first-order valence-corrected chi connectivity index (χ1v) is 15.1. The highest BCUT2D eigenvalue weighted by atomic mass is 32.2. The van der Waals surface area contributed by atoms with E-state index in [2.05, 4.69) is 10.1 Å². The molecule has 4 rings (SSSR count). The van der Waals surface area contributed by atoms with E-state index >= 15 is 0 Å². The summed E-state index contributed by atoms with van der Waals surface area (Å²) >= 11 is 1.23. The van der Waals surface area contributed by atoms with Gasteiger partial charge in [0, 0.05) is 30.8 Å². The van der Waals surface area contributed by atoms with Gasteiger partial charge in [-0.1, -0.05) is 25.2 Å². The highest BCUT2D eigenvalue weighted by Gasteiger charge is 2.25. The van der Waals surface area contributed by atoms with E-state index in [1.54, 1.807) is 25.3 Å². The molecule has 214 valence electrons. The zero-order valence-electron chi connectivity index (χ0n) is 22.8. The molecule has 1 aromatic heterocycles. The Morgan fingerprint density at radius 3 is 2.29 bits per heavy atom. The van der Waals surface area contributed by atoms with Crippen molar-refractivity contribution in [1.29, 1.82) is 0 Å². The van der Waals surface area contributed by atoms with Crippen LogP contribution >= 0.6 is 11.3 Å². The maximum atomic E-state index is 13.7. The minimum absolute atomic E-state index is 0.0679. The van der Waals surface area contributed by atoms with Crippen LogP contribution in [0.5, 0.6) is 5.75 Å². The number of aromatic nitrogens is 1. The molecule has 11 nitrogen and oxygen atoms in total. The Morgan fingerprint density at radius 2 is 1.71 bits per heavy atom. The van der Waals surface area contributed by atoms with Crippen molar-refractivity contribution >= 4 is 54.5 Å². The van der Waals surface area contributed by atoms with Crippen LogP contribution in [0.3, 0.4) is 0 Å². The van der Waals surface area contributed by atoms with Crippen molar-refractivity contribution in [1.82, 2.24) is 9.29 Å². The van der Waals surface area contributed by atoms with Gasteiger partial charge in [-0.3, -0.25) is 14.9 Å². The topological polar surface area (TPSA) is 135 Å². The average Bonchev–Trinajstić information content (AvgIpc) is 3.40. The van der Waals surface area contributed by atoms with Crippen LogP contribution in [0.15, 0.2) is 76.7 Å². The average molecular weight is 596 g/mol. The molecule has 0 aliphatic heterocycles. The number of anilines is 1. The molecule has 0 bridgehead atoms. The van der Waals surface area contributed by atoms with Crippen molar-refractivity contribution < 1.29 is 22.9 Å². The summed E-state index contributed by atoms with van der Waals surface area (Å²) in [5, 5.41) is 16.8. The van der Waals surface area contributed by atoms with Gasteiger partial charge >= 0.3 is 0 Å². The molecule has 41 heavy (non-hydrogen) atoms. The highest BCUT2D eigenvalue weighted by Crippen LogP contribution is 2.32. The Morgan fingerprint density at radius 1 is 1.05 bits per heavy atom. The highest BCUT2D eigenvalue weighted by molar-refractivity contribution is 7.89. The predicted molar refractivity (Wildman–Crippen MR) is 159 cm³/mol. The number of hydrogen-bond donors (Lipinski definition) is 0. The van der Waals surface area contributed by atoms with Gasteiger partial charge in [0.1, 0.15) is 5.75 Å². The van der Waals surface area contributed by atoms with Crippen LogP contribution in [0.25, 0.3) is 10.2 Å². The van der Waals surface area contributed by atoms with E-state index in [4.69, 9.17) is 4.74 Å². The number of nitrogens with zero attached hydrogens (tertiary/aromatic N) is 5. The third-order valence-electron chi connectivity index (χ3n) is 6.07. The van der Waals surface area contributed by atoms with Crippen molar-refractivity contribution in [3.8, 4) is 5.75 Å². The lowest BCUT2D eigenvalue weighted by molar-refractivity contribution is -0.384. The number of sulfonamides is 1. The fourth-order valence-electron chi connectivity index (χ4n) is 4.00. The van der Waals surface area contributed by atoms with Crippen molar-refractivity contribution in [3.63, 3.8) is 0 Å². The van der Waals surface area contributed by atoms with Gasteiger partial charge in [0.15, 0.2) is 0 Å². The predicted octanol–water partition coefficient (Wildman–Crippen LogP) is 5.70. The molecule has 0 aliphatic carbocycles. The lowest BCUT2D eigenvalue weighted by Gasteiger charge is -2.21. The second-order valence-corrected chi connectivity index (χ2v) is 11.9. The molecule has 0 atom stereocenters. The lowest BCUT2D eigenvalue weighted by atomic mass is 10.2. The zero-order chi connectivity index (χ0) is 29.6. The minimum atomic E-state index is -3.71. The smallest absolute Gasteiger partial charge is 0.280 e. The monoisotopic (exact) mass is 595 g/mol. The summed E-state index contributed by atoms with van der Waals surface area (Å²) in [5.74, 6) is 0.106. The number of hydrogen-bond acceptors (Lipinski definition) is 9. The number of thiazole rings is 1. The zero-order valence-corrected chi connectivity index (χ0v) is 24.4. The van der Waals surface area contributed by atoms with Gasteiger partial charge in [0.2, 0.25) is 15.2 Å². The van der Waals surface area contributed by atoms with Crippen LogP contribution in [0.4, 0.5) is 10.8 Å². The van der Waals surface area contributed by atoms with E-state index < -0.39 is 20.9 Å². The maximum Gasteiger partial charge on any atom is 0.280 e. The number of nitro benzene ring substituents is 1. The second kappa shape index (κ2) is 13.0. The minimum Gasteiger partial charge on any atom is -0.497 e. The Bertz CT molecular complexity index is 1660. The maximum absolute atomic E-state index is 13.7. The summed E-state index contributed by atoms with van der Waals surface area (Å²) in [6.45, 7) is 4.66. The normalized spacial score (nSPS) is 11.8. The molecule has 1 amide bonds. The molecule has 4 aromatic rings. The van der Waals surface area contributed by atoms with Crippen molar-refractivity contribution in [2.45, 2.75) is 31.6 Å². The number of non-ortho nitro benzene ring substituents is 1. The summed E-state index contributed by atoms with van der Waals surface area (Å²) in [5.41, 5.74) is 1.31. The van der Waals surface area contributed by atoms with Crippen LogP contribution in [0, 0.1) is 10.1 Å². The molecule has 0 aliphatic rings. The number of hydrazone groups is 1. The molecule has 1 heterocycles. The summed E-state index contributed by atoms with van der Waals surface area (Å²) < 4.78 is 33.9. The number of rotatable bonds is 12. The van der Waals surface area contributed by atoms with Gasteiger partial charge < -0.3 is 4.74 Å². The fraction of sp³-hybridized carbons (Fsp3) is 0.250. The Kier molecular flexibility index (Phi) is 9.42. The number of amides is 1. The van der Waals surface area contributed by atoms with Crippen LogP contribution in [-0.4, -0.2) is 55.0 Å². The molecule has 0 fully saturated rings. The van der Waals surface area contributed by atoms with E-state index in [1.165, 1.54) is 70.4 Å². The number of carbonyl (C=O) groups excluding carboxylic acids is 1. The van der Waals surface area contributed by atoms with Gasteiger partial charge in [0.05, 0.1) is 33.4 Å². The molecular formula is C28H29N5O6S2. The van der Waals surface area contributed by atoms with Gasteiger partial charge in [-0.05, 0) is 73.0 Å². The molecule has 3 aromatic carbocycles. The Hall–Kier alpha value is -4.20. The third kappa shape index (κ3) is 6.76. The fourth-order valence-corrected chi connectivity index (χ4v) is 6.57. The standard InChI is InChI=1S/C28H29N5O6S2/c1-4-16-31(17-5-2)41(37,38)24-13-8-21(9-14-24)27(34)32(29-19-20-6-10-22(11-7-20)33(35)36)28-30-25-15-12-23(39-3)18-26(25)40-28/h6-15,18-19H,4-5,16-17H2,1-3H3/b29-19+. The molecule has 0 N–H and O–H groups in total. The summed E-state index contributed by atoms with van der Waals surface area (Å²) in [4.78, 5) is 28.9. The van der Waals surface area contributed by atoms with E-state index in [0.717, 1.165) is 9.71 Å².